The number of rotatable bonds is 5. The highest BCUT2D eigenvalue weighted by Gasteiger charge is 2.09. The molecule has 0 saturated carbocycles. The molecule has 0 saturated heterocycles. The Balaban J connectivity index is 1.96. The van der Waals surface area contributed by atoms with Crippen molar-refractivity contribution >= 4 is 11.3 Å². The van der Waals surface area contributed by atoms with Gasteiger partial charge in [0.15, 0.2) is 0 Å². The maximum atomic E-state index is 4.31. The molecule has 0 bridgehead atoms. The molecule has 0 aliphatic rings. The van der Waals surface area contributed by atoms with Gasteiger partial charge in [-0.05, 0) is 49.9 Å². The summed E-state index contributed by atoms with van der Waals surface area (Å²) in [6, 6.07) is 4.98. The Kier molecular flexibility index (Phi) is 4.72. The molecule has 2 aromatic rings. The topological polar surface area (TPSA) is 24.9 Å². The fourth-order valence-electron chi connectivity index (χ4n) is 2.34. The lowest BCUT2D eigenvalue weighted by atomic mass is 9.96. The number of benzene rings is 1. The zero-order chi connectivity index (χ0) is 13.8. The number of nitrogens with one attached hydrogen (secondary N) is 1. The minimum Gasteiger partial charge on any atom is -0.310 e. The Labute approximate surface area is 119 Å². The van der Waals surface area contributed by atoms with Gasteiger partial charge in [-0.3, -0.25) is 0 Å². The summed E-state index contributed by atoms with van der Waals surface area (Å²) in [5, 5.41) is 5.71. The second kappa shape index (κ2) is 6.31. The Hall–Kier alpha value is -1.19. The minimum atomic E-state index is 0.387. The van der Waals surface area contributed by atoms with E-state index in [2.05, 4.69) is 55.5 Å². The average molecular weight is 274 g/mol. The Bertz CT molecular complexity index is 532. The van der Waals surface area contributed by atoms with E-state index in [1.54, 1.807) is 11.3 Å². The van der Waals surface area contributed by atoms with E-state index in [0.29, 0.717) is 6.04 Å². The molecule has 1 N–H and O–H groups in total. The first kappa shape index (κ1) is 14.2. The SMILES string of the molecule is Cc1cc(C)c(C(C)NCCc2cscn2)cc1C. The highest BCUT2D eigenvalue weighted by atomic mass is 32.1. The predicted molar refractivity (Wildman–Crippen MR) is 82.9 cm³/mol. The molecule has 1 heterocycles. The molecule has 102 valence electrons. The zero-order valence-corrected chi connectivity index (χ0v) is 13.0. The predicted octanol–water partition coefficient (Wildman–Crippen LogP) is 3.96. The third kappa shape index (κ3) is 3.64. The van der Waals surface area contributed by atoms with Crippen LogP contribution in [0.5, 0.6) is 0 Å². The van der Waals surface area contributed by atoms with Gasteiger partial charge in [0.05, 0.1) is 11.2 Å². The standard InChI is InChI=1S/C16H22N2S/c1-11-7-13(3)16(8-12(11)2)14(4)17-6-5-15-9-19-10-18-15/h7-10,14,17H,5-6H2,1-4H3. The van der Waals surface area contributed by atoms with Crippen LogP contribution in [0.15, 0.2) is 23.0 Å². The van der Waals surface area contributed by atoms with Crippen molar-refractivity contribution in [3.8, 4) is 0 Å². The second-order valence-corrected chi connectivity index (χ2v) is 5.92. The van der Waals surface area contributed by atoms with Crippen LogP contribution in [0.4, 0.5) is 0 Å². The molecular weight excluding hydrogens is 252 g/mol. The van der Waals surface area contributed by atoms with E-state index >= 15 is 0 Å². The first-order chi connectivity index (χ1) is 9.08. The third-order valence-electron chi connectivity index (χ3n) is 3.66. The summed E-state index contributed by atoms with van der Waals surface area (Å²) in [7, 11) is 0. The number of hydrogen-bond donors (Lipinski definition) is 1. The van der Waals surface area contributed by atoms with Gasteiger partial charge < -0.3 is 5.32 Å². The molecule has 0 spiro atoms. The molecule has 19 heavy (non-hydrogen) atoms. The number of hydrogen-bond acceptors (Lipinski definition) is 3. The van der Waals surface area contributed by atoms with Crippen molar-refractivity contribution in [2.75, 3.05) is 6.54 Å². The van der Waals surface area contributed by atoms with Crippen molar-refractivity contribution in [3.05, 3.63) is 51.0 Å². The molecule has 1 aromatic carbocycles. The molecule has 0 aliphatic carbocycles. The van der Waals surface area contributed by atoms with Crippen molar-refractivity contribution in [3.63, 3.8) is 0 Å². The number of nitrogens with zero attached hydrogens (tertiary/aromatic N) is 1. The molecule has 1 aromatic heterocycles. The molecular formula is C16H22N2S. The van der Waals surface area contributed by atoms with Crippen LogP contribution in [0.3, 0.4) is 0 Å². The smallest absolute Gasteiger partial charge is 0.0794 e. The summed E-state index contributed by atoms with van der Waals surface area (Å²) in [6.07, 6.45) is 0.998. The van der Waals surface area contributed by atoms with Crippen molar-refractivity contribution < 1.29 is 0 Å². The van der Waals surface area contributed by atoms with E-state index in [1.807, 2.05) is 5.51 Å². The van der Waals surface area contributed by atoms with Crippen molar-refractivity contribution in [2.24, 2.45) is 0 Å². The van der Waals surface area contributed by atoms with Crippen molar-refractivity contribution in [1.29, 1.82) is 0 Å². The Morgan fingerprint density at radius 2 is 1.89 bits per heavy atom. The molecule has 3 heteroatoms. The van der Waals surface area contributed by atoms with Crippen molar-refractivity contribution in [2.45, 2.75) is 40.2 Å². The summed E-state index contributed by atoms with van der Waals surface area (Å²) in [5.74, 6) is 0. The fraction of sp³-hybridized carbons (Fsp3) is 0.438. The maximum absolute atomic E-state index is 4.31. The maximum Gasteiger partial charge on any atom is 0.0794 e. The van der Waals surface area contributed by atoms with Crippen LogP contribution in [0.2, 0.25) is 0 Å². The first-order valence-corrected chi connectivity index (χ1v) is 7.70. The van der Waals surface area contributed by atoms with E-state index < -0.39 is 0 Å². The van der Waals surface area contributed by atoms with Crippen LogP contribution < -0.4 is 5.32 Å². The summed E-state index contributed by atoms with van der Waals surface area (Å²) in [6.45, 7) is 9.75. The number of aryl methyl sites for hydroxylation is 3. The monoisotopic (exact) mass is 274 g/mol. The highest BCUT2D eigenvalue weighted by Crippen LogP contribution is 2.21. The van der Waals surface area contributed by atoms with Crippen LogP contribution >= 0.6 is 11.3 Å². The quantitative estimate of drug-likeness (QED) is 0.892. The summed E-state index contributed by atoms with van der Waals surface area (Å²) >= 11 is 1.66. The van der Waals surface area contributed by atoms with Gasteiger partial charge in [-0.2, -0.15) is 0 Å². The van der Waals surface area contributed by atoms with Gasteiger partial charge in [0.2, 0.25) is 0 Å². The normalized spacial score (nSPS) is 12.6. The van der Waals surface area contributed by atoms with Crippen LogP contribution in [0, 0.1) is 20.8 Å². The van der Waals surface area contributed by atoms with Gasteiger partial charge in [-0.15, -0.1) is 11.3 Å². The lowest BCUT2D eigenvalue weighted by Crippen LogP contribution is -2.22. The summed E-state index contributed by atoms with van der Waals surface area (Å²) in [4.78, 5) is 4.31. The molecule has 0 fully saturated rings. The van der Waals surface area contributed by atoms with E-state index in [9.17, 15) is 0 Å². The molecule has 1 unspecified atom stereocenters. The van der Waals surface area contributed by atoms with Gasteiger partial charge in [-0.25, -0.2) is 4.98 Å². The molecule has 1 atom stereocenters. The fourth-order valence-corrected chi connectivity index (χ4v) is 2.93. The highest BCUT2D eigenvalue weighted by molar-refractivity contribution is 7.07. The molecule has 2 rings (SSSR count). The van der Waals surface area contributed by atoms with E-state index in [1.165, 1.54) is 27.9 Å². The lowest BCUT2D eigenvalue weighted by molar-refractivity contribution is 0.572. The second-order valence-electron chi connectivity index (χ2n) is 5.20. The molecule has 0 radical (unpaired) electrons. The van der Waals surface area contributed by atoms with Gasteiger partial charge in [0, 0.05) is 24.4 Å². The Morgan fingerprint density at radius 1 is 1.16 bits per heavy atom. The molecule has 0 amide bonds. The summed E-state index contributed by atoms with van der Waals surface area (Å²) < 4.78 is 0. The van der Waals surface area contributed by atoms with Crippen LogP contribution in [0.25, 0.3) is 0 Å². The van der Waals surface area contributed by atoms with Gasteiger partial charge in [0.25, 0.3) is 0 Å². The van der Waals surface area contributed by atoms with Crippen molar-refractivity contribution in [1.82, 2.24) is 10.3 Å². The Morgan fingerprint density at radius 3 is 2.58 bits per heavy atom. The van der Waals surface area contributed by atoms with Crippen LogP contribution in [-0.2, 0) is 6.42 Å². The van der Waals surface area contributed by atoms with Crippen LogP contribution in [0.1, 0.15) is 40.9 Å². The van der Waals surface area contributed by atoms with Crippen LogP contribution in [-0.4, -0.2) is 11.5 Å². The van der Waals surface area contributed by atoms with Gasteiger partial charge in [0.1, 0.15) is 0 Å². The number of aromatic nitrogens is 1. The third-order valence-corrected chi connectivity index (χ3v) is 4.30. The van der Waals surface area contributed by atoms with E-state index in [4.69, 9.17) is 0 Å². The van der Waals surface area contributed by atoms with E-state index in [-0.39, 0.29) is 0 Å². The minimum absolute atomic E-state index is 0.387. The molecule has 0 aliphatic heterocycles. The zero-order valence-electron chi connectivity index (χ0n) is 12.2. The first-order valence-electron chi connectivity index (χ1n) is 6.76. The summed E-state index contributed by atoms with van der Waals surface area (Å²) in [5.41, 5.74) is 8.59. The largest absolute Gasteiger partial charge is 0.310 e. The van der Waals surface area contributed by atoms with Gasteiger partial charge in [-0.1, -0.05) is 12.1 Å². The lowest BCUT2D eigenvalue weighted by Gasteiger charge is -2.18. The molecule has 2 nitrogen and oxygen atoms in total. The van der Waals surface area contributed by atoms with E-state index in [0.717, 1.165) is 13.0 Å². The van der Waals surface area contributed by atoms with Gasteiger partial charge >= 0.3 is 0 Å². The average Bonchev–Trinajstić information content (AvgIpc) is 2.86. The number of thiazole rings is 1.